The molecular weight excluding hydrogens is 340 g/mol. The maximum Gasteiger partial charge on any atom is 0.310 e. The van der Waals surface area contributed by atoms with Gasteiger partial charge in [0.15, 0.2) is 0 Å². The minimum Gasteiger partial charge on any atom is -0.465 e. The van der Waals surface area contributed by atoms with Gasteiger partial charge in [-0.05, 0) is 30.7 Å². The first-order valence-corrected chi connectivity index (χ1v) is 10.5. The number of carbonyl (C=O) groups excluding carboxylic acids is 2. The lowest BCUT2D eigenvalue weighted by Gasteiger charge is -2.28. The molecule has 0 bridgehead atoms. The van der Waals surface area contributed by atoms with Gasteiger partial charge >= 0.3 is 11.9 Å². The first kappa shape index (κ1) is 21.5. The summed E-state index contributed by atoms with van der Waals surface area (Å²) in [7, 11) is 0. The summed E-state index contributed by atoms with van der Waals surface area (Å²) in [6.07, 6.45) is 7.78. The second kappa shape index (κ2) is 11.8. The van der Waals surface area contributed by atoms with Crippen LogP contribution in [0.4, 0.5) is 0 Å². The molecule has 3 unspecified atom stereocenters. The molecule has 0 heterocycles. The highest BCUT2D eigenvalue weighted by Crippen LogP contribution is 2.32. The molecule has 0 spiro atoms. The van der Waals surface area contributed by atoms with Gasteiger partial charge < -0.3 is 9.47 Å². The second-order valence-electron chi connectivity index (χ2n) is 7.64. The van der Waals surface area contributed by atoms with Crippen LogP contribution in [0.1, 0.15) is 70.8 Å². The van der Waals surface area contributed by atoms with Gasteiger partial charge in [-0.15, -0.1) is 0 Å². The molecule has 4 nitrogen and oxygen atoms in total. The molecule has 150 valence electrons. The van der Waals surface area contributed by atoms with Gasteiger partial charge in [-0.2, -0.15) is 0 Å². The number of unbranched alkanes of at least 4 members (excludes halogenated alkanes) is 1. The van der Waals surface area contributed by atoms with Crippen LogP contribution in [0.15, 0.2) is 30.3 Å². The number of hydrogen-bond acceptors (Lipinski definition) is 4. The molecular formula is C23H34O4. The Morgan fingerprint density at radius 2 is 1.63 bits per heavy atom. The maximum atomic E-state index is 12.7. The van der Waals surface area contributed by atoms with Crippen molar-refractivity contribution in [3.8, 4) is 0 Å². The van der Waals surface area contributed by atoms with Crippen LogP contribution in [0, 0.1) is 17.8 Å². The Hall–Kier alpha value is -1.84. The van der Waals surface area contributed by atoms with E-state index in [2.05, 4.69) is 13.8 Å². The Balaban J connectivity index is 1.87. The van der Waals surface area contributed by atoms with E-state index in [4.69, 9.17) is 9.47 Å². The van der Waals surface area contributed by atoms with Crippen LogP contribution in [0.25, 0.3) is 0 Å². The smallest absolute Gasteiger partial charge is 0.310 e. The Bertz CT molecular complexity index is 569. The minimum absolute atomic E-state index is 0.216. The number of carbonyl (C=O) groups is 2. The highest BCUT2D eigenvalue weighted by molar-refractivity contribution is 5.82. The molecule has 0 saturated heterocycles. The van der Waals surface area contributed by atoms with E-state index in [0.717, 1.165) is 50.5 Å². The van der Waals surface area contributed by atoms with Crippen molar-refractivity contribution in [1.29, 1.82) is 0 Å². The average Bonchev–Trinajstić information content (AvgIpc) is 2.72. The molecule has 1 fully saturated rings. The van der Waals surface area contributed by atoms with Gasteiger partial charge in [0.05, 0.1) is 18.4 Å². The SMILES string of the molecule is CCCCC(CC)COC(=O)C1CCCCC1C(=O)OCc1ccccc1. The van der Waals surface area contributed by atoms with E-state index in [9.17, 15) is 9.59 Å². The van der Waals surface area contributed by atoms with E-state index >= 15 is 0 Å². The van der Waals surface area contributed by atoms with Crippen molar-refractivity contribution in [3.63, 3.8) is 0 Å². The van der Waals surface area contributed by atoms with Crippen LogP contribution < -0.4 is 0 Å². The summed E-state index contributed by atoms with van der Waals surface area (Å²) in [4.78, 5) is 25.2. The fourth-order valence-corrected chi connectivity index (χ4v) is 3.74. The molecule has 1 aromatic carbocycles. The molecule has 0 amide bonds. The van der Waals surface area contributed by atoms with E-state index in [0.29, 0.717) is 18.9 Å². The van der Waals surface area contributed by atoms with E-state index in [1.165, 1.54) is 0 Å². The molecule has 27 heavy (non-hydrogen) atoms. The number of ether oxygens (including phenoxy) is 2. The molecule has 4 heteroatoms. The van der Waals surface area contributed by atoms with Crippen LogP contribution in [0.2, 0.25) is 0 Å². The van der Waals surface area contributed by atoms with Gasteiger partial charge in [0.2, 0.25) is 0 Å². The first-order valence-electron chi connectivity index (χ1n) is 10.5. The monoisotopic (exact) mass is 374 g/mol. The molecule has 1 aromatic rings. The van der Waals surface area contributed by atoms with Crippen LogP contribution >= 0.6 is 0 Å². The lowest BCUT2D eigenvalue weighted by Crippen LogP contribution is -2.35. The highest BCUT2D eigenvalue weighted by atomic mass is 16.5. The zero-order valence-electron chi connectivity index (χ0n) is 16.8. The van der Waals surface area contributed by atoms with E-state index in [1.807, 2.05) is 30.3 Å². The third-order valence-electron chi connectivity index (χ3n) is 5.60. The van der Waals surface area contributed by atoms with Crippen molar-refractivity contribution in [2.24, 2.45) is 17.8 Å². The number of rotatable bonds is 10. The quantitative estimate of drug-likeness (QED) is 0.522. The lowest BCUT2D eigenvalue weighted by atomic mass is 9.79. The maximum absolute atomic E-state index is 12.7. The van der Waals surface area contributed by atoms with E-state index in [-0.39, 0.29) is 30.4 Å². The largest absolute Gasteiger partial charge is 0.465 e. The predicted molar refractivity (Wildman–Crippen MR) is 106 cm³/mol. The van der Waals surface area contributed by atoms with Gasteiger partial charge in [0.25, 0.3) is 0 Å². The number of benzene rings is 1. The molecule has 3 atom stereocenters. The summed E-state index contributed by atoms with van der Waals surface area (Å²) in [5.41, 5.74) is 0.961. The van der Waals surface area contributed by atoms with Crippen molar-refractivity contribution in [1.82, 2.24) is 0 Å². The third kappa shape index (κ3) is 7.00. The van der Waals surface area contributed by atoms with E-state index < -0.39 is 0 Å². The van der Waals surface area contributed by atoms with Gasteiger partial charge in [-0.25, -0.2) is 0 Å². The molecule has 2 rings (SSSR count). The van der Waals surface area contributed by atoms with Crippen molar-refractivity contribution in [2.75, 3.05) is 6.61 Å². The van der Waals surface area contributed by atoms with Crippen LogP contribution in [-0.2, 0) is 25.7 Å². The fourth-order valence-electron chi connectivity index (χ4n) is 3.74. The van der Waals surface area contributed by atoms with Crippen LogP contribution in [0.5, 0.6) is 0 Å². The Labute approximate surface area is 163 Å². The molecule has 1 saturated carbocycles. The number of hydrogen-bond donors (Lipinski definition) is 0. The molecule has 0 aliphatic heterocycles. The molecule has 0 radical (unpaired) electrons. The average molecular weight is 375 g/mol. The summed E-state index contributed by atoms with van der Waals surface area (Å²) >= 11 is 0. The van der Waals surface area contributed by atoms with Crippen molar-refractivity contribution in [2.45, 2.75) is 71.8 Å². The summed E-state index contributed by atoms with van der Waals surface area (Å²) < 4.78 is 11.1. The summed E-state index contributed by atoms with van der Waals surface area (Å²) in [6.45, 7) is 5.04. The third-order valence-corrected chi connectivity index (χ3v) is 5.60. The van der Waals surface area contributed by atoms with Gasteiger partial charge in [-0.3, -0.25) is 9.59 Å². The van der Waals surface area contributed by atoms with Crippen molar-refractivity contribution >= 4 is 11.9 Å². The van der Waals surface area contributed by atoms with E-state index in [1.54, 1.807) is 0 Å². The van der Waals surface area contributed by atoms with Crippen molar-refractivity contribution in [3.05, 3.63) is 35.9 Å². The second-order valence-corrected chi connectivity index (χ2v) is 7.64. The highest BCUT2D eigenvalue weighted by Gasteiger charge is 2.38. The zero-order valence-corrected chi connectivity index (χ0v) is 16.8. The Kier molecular flexibility index (Phi) is 9.37. The minimum atomic E-state index is -0.370. The Morgan fingerprint density at radius 1 is 1.00 bits per heavy atom. The molecule has 0 aromatic heterocycles. The van der Waals surface area contributed by atoms with Crippen LogP contribution in [-0.4, -0.2) is 18.5 Å². The van der Waals surface area contributed by atoms with Gasteiger partial charge in [0.1, 0.15) is 6.61 Å². The summed E-state index contributed by atoms with van der Waals surface area (Å²) in [6, 6.07) is 9.64. The predicted octanol–water partition coefficient (Wildman–Crippen LogP) is 5.30. The zero-order chi connectivity index (χ0) is 19.5. The first-order chi connectivity index (χ1) is 13.2. The Morgan fingerprint density at radius 3 is 2.22 bits per heavy atom. The summed E-state index contributed by atoms with van der Waals surface area (Å²) in [5.74, 6) is -0.790. The molecule has 0 N–H and O–H groups in total. The fraction of sp³-hybridized carbons (Fsp3) is 0.652. The van der Waals surface area contributed by atoms with Crippen molar-refractivity contribution < 1.29 is 19.1 Å². The molecule has 1 aliphatic rings. The summed E-state index contributed by atoms with van der Waals surface area (Å²) in [5, 5.41) is 0. The topological polar surface area (TPSA) is 52.6 Å². The van der Waals surface area contributed by atoms with Crippen LogP contribution in [0.3, 0.4) is 0 Å². The normalized spacial score (nSPS) is 20.7. The lowest BCUT2D eigenvalue weighted by molar-refractivity contribution is -0.164. The number of esters is 2. The standard InChI is InChI=1S/C23H34O4/c1-3-5-11-18(4-2)16-26-22(24)20-14-9-10-15-21(20)23(25)27-17-19-12-7-6-8-13-19/h6-8,12-13,18,20-21H,3-5,9-11,14-17H2,1-2H3. The van der Waals surface area contributed by atoms with Gasteiger partial charge in [0, 0.05) is 0 Å². The molecule has 1 aliphatic carbocycles. The van der Waals surface area contributed by atoms with Gasteiger partial charge in [-0.1, -0.05) is 76.3 Å².